The van der Waals surface area contributed by atoms with E-state index in [-0.39, 0.29) is 22.6 Å². The molecule has 4 heterocycles. The summed E-state index contributed by atoms with van der Waals surface area (Å²) < 4.78 is 6.31. The van der Waals surface area contributed by atoms with E-state index in [1.807, 2.05) is 97.9 Å². The van der Waals surface area contributed by atoms with Crippen LogP contribution in [-0.2, 0) is 17.1 Å². The van der Waals surface area contributed by atoms with Crippen LogP contribution in [0.1, 0.15) is 33.1 Å². The van der Waals surface area contributed by atoms with Gasteiger partial charge in [0.25, 0.3) is 0 Å². The first-order valence-corrected chi connectivity index (χ1v) is 19.1. The van der Waals surface area contributed by atoms with Gasteiger partial charge in [-0.3, -0.25) is 0 Å². The molecule has 0 spiro atoms. The van der Waals surface area contributed by atoms with Gasteiger partial charge in [0.2, 0.25) is 0 Å². The van der Waals surface area contributed by atoms with Gasteiger partial charge in [-0.15, -0.1) is 5.69 Å². The van der Waals surface area contributed by atoms with Gasteiger partial charge < -0.3 is 33.9 Å². The third-order valence-electron chi connectivity index (χ3n) is 9.70. The molecule has 4 aromatic heterocycles. The maximum atomic E-state index is 10.1. The smallest absolute Gasteiger partial charge is 0.575 e. The average molecular weight is 818 g/mol. The van der Waals surface area contributed by atoms with E-state index in [1.165, 1.54) is 12.1 Å². The second-order valence-electron chi connectivity index (χ2n) is 13.9. The van der Waals surface area contributed by atoms with Crippen molar-refractivity contribution in [2.45, 2.75) is 27.7 Å². The fourth-order valence-electron chi connectivity index (χ4n) is 6.73. The maximum Gasteiger partial charge on any atom is 3.00 e. The van der Waals surface area contributed by atoms with Gasteiger partial charge >= 0.3 is 24.2 Å². The molecule has 0 aliphatic carbocycles. The molecule has 0 aliphatic heterocycles. The Kier molecular flexibility index (Phi) is 13.7. The normalized spacial score (nSPS) is 10.5. The Bertz CT molecular complexity index is 2500. The maximum absolute atomic E-state index is 10.1. The number of hydrogen-bond donors (Lipinski definition) is 0. The van der Waals surface area contributed by atoms with E-state index in [0.29, 0.717) is 0 Å². The van der Waals surface area contributed by atoms with Crippen molar-refractivity contribution in [1.82, 2.24) is 39.3 Å². The van der Waals surface area contributed by atoms with Crippen molar-refractivity contribution in [3.05, 3.63) is 204 Å². The number of aromatic carboxylic acids is 1. The third kappa shape index (κ3) is 10.1. The number of carboxylic acid groups (broad SMARTS) is 1. The van der Waals surface area contributed by atoms with Gasteiger partial charge in [0, 0.05) is 22.4 Å². The van der Waals surface area contributed by atoms with Gasteiger partial charge in [0.1, 0.15) is 0 Å². The summed E-state index contributed by atoms with van der Waals surface area (Å²) in [4.78, 5) is 10.1. The van der Waals surface area contributed by atoms with Crippen LogP contribution in [0, 0.1) is 27.7 Å². The van der Waals surface area contributed by atoms with Crippen molar-refractivity contribution in [3.63, 3.8) is 0 Å². The summed E-state index contributed by atoms with van der Waals surface area (Å²) in [5.74, 6) is -1.13. The summed E-state index contributed by atoms with van der Waals surface area (Å²) in [6.45, 7) is 8.26. The van der Waals surface area contributed by atoms with Crippen molar-refractivity contribution in [1.29, 1.82) is 0 Å². The molecule has 0 bridgehead atoms. The van der Waals surface area contributed by atoms with E-state index in [0.717, 1.165) is 67.8 Å². The van der Waals surface area contributed by atoms with E-state index in [1.54, 1.807) is 18.2 Å². The van der Waals surface area contributed by atoms with Crippen LogP contribution >= 0.6 is 0 Å². The zero-order chi connectivity index (χ0) is 40.4. The molecule has 9 aromatic rings. The molecule has 0 saturated heterocycles. The minimum atomic E-state index is -1.55. The first-order valence-electron chi connectivity index (χ1n) is 19.1. The summed E-state index contributed by atoms with van der Waals surface area (Å²) in [6, 6.07) is 57.4. The largest absolute Gasteiger partial charge is 3.00 e. The molecule has 10 nitrogen and oxygen atoms in total. The van der Waals surface area contributed by atoms with Crippen LogP contribution in [0.15, 0.2) is 176 Å². The second kappa shape index (κ2) is 19.4. The van der Waals surface area contributed by atoms with E-state index < -0.39 is 13.1 Å². The SMILES string of the molecule is Cc1cc(-c2ccccc2)[n-]n1.Cc1cc(-c2ccccc2)nn1[BH-](n1nc(-c2ccccc2)cc1C)n1nc(-c2ccccc2)cc1C.O=C([O-])c1ccccc1.[Fe+3]. The van der Waals surface area contributed by atoms with Crippen molar-refractivity contribution in [2.24, 2.45) is 0 Å². The molecular formula is C47H42BFeN8O2. The molecular weight excluding hydrogens is 775 g/mol. The number of hydrogen-bond acceptors (Lipinski definition) is 6. The van der Waals surface area contributed by atoms with Crippen molar-refractivity contribution >= 4 is 13.1 Å². The third-order valence-corrected chi connectivity index (χ3v) is 9.70. The average Bonchev–Trinajstić information content (AvgIpc) is 4.07. The van der Waals surface area contributed by atoms with E-state index >= 15 is 0 Å². The van der Waals surface area contributed by atoms with Crippen LogP contribution in [-0.4, -0.2) is 47.3 Å². The van der Waals surface area contributed by atoms with Crippen molar-refractivity contribution in [2.75, 3.05) is 0 Å². The predicted molar refractivity (Wildman–Crippen MR) is 229 cm³/mol. The van der Waals surface area contributed by atoms with Crippen LogP contribution in [0.3, 0.4) is 0 Å². The Morgan fingerprint density at radius 3 is 1.10 bits per heavy atom. The van der Waals surface area contributed by atoms with Crippen molar-refractivity contribution in [3.8, 4) is 45.0 Å². The number of benzene rings is 5. The van der Waals surface area contributed by atoms with Crippen LogP contribution in [0.2, 0.25) is 0 Å². The first-order chi connectivity index (χ1) is 28.2. The van der Waals surface area contributed by atoms with Gasteiger partial charge in [0.15, 0.2) is 0 Å². The summed E-state index contributed by atoms with van der Waals surface area (Å²) in [5.41, 5.74) is 12.5. The zero-order valence-corrected chi connectivity index (χ0v) is 34.3. The second-order valence-corrected chi connectivity index (χ2v) is 13.9. The van der Waals surface area contributed by atoms with Gasteiger partial charge in [-0.25, -0.2) is 15.3 Å². The molecule has 0 fully saturated rings. The minimum absolute atomic E-state index is 0. The number of carbonyl (C=O) groups excluding carboxylic acids is 1. The molecule has 0 unspecified atom stereocenters. The minimum Gasteiger partial charge on any atom is -0.575 e. The van der Waals surface area contributed by atoms with Crippen LogP contribution in [0.5, 0.6) is 0 Å². The fourth-order valence-corrected chi connectivity index (χ4v) is 6.73. The first kappa shape index (κ1) is 41.6. The topological polar surface area (TPSA) is 121 Å². The number of carbonyl (C=O) groups is 1. The standard InChI is InChI=1S/C30H28BN6.C10H9N2.C7H6O2.Fe/c1-22-19-28(25-13-7-4-8-14-25)32-35(22)31(36-23(2)20-29(33-36)26-15-9-5-10-16-26)37-24(3)21-30(34-37)27-17-11-6-12-18-27;1-8-7-10(12-11-8)9-5-3-2-4-6-9;8-7(9)6-4-2-1-3-5-6;/h4-21,31H,1-3H3;2-7H,1H3;1-5H,(H,8,9);/q2*-1;;+3/p-1. The quantitative estimate of drug-likeness (QED) is 0.143. The Balaban J connectivity index is 0.000000216. The molecule has 5 aromatic carbocycles. The molecule has 59 heavy (non-hydrogen) atoms. The number of aromatic nitrogens is 8. The van der Waals surface area contributed by atoms with Gasteiger partial charge in [-0.05, 0) is 74.1 Å². The molecule has 293 valence electrons. The van der Waals surface area contributed by atoms with Crippen LogP contribution in [0.25, 0.3) is 45.0 Å². The Hall–Kier alpha value is -7.01. The molecule has 0 N–H and O–H groups in total. The van der Waals surface area contributed by atoms with E-state index in [4.69, 9.17) is 15.3 Å². The van der Waals surface area contributed by atoms with Crippen LogP contribution in [0.4, 0.5) is 0 Å². The molecule has 9 rings (SSSR count). The van der Waals surface area contributed by atoms with Crippen LogP contribution < -0.4 is 10.2 Å². The Labute approximate surface area is 354 Å². The fraction of sp³-hybridized carbons (Fsp3) is 0.0851. The Morgan fingerprint density at radius 2 is 0.814 bits per heavy atom. The van der Waals surface area contributed by atoms with E-state index in [2.05, 4.69) is 99.3 Å². The number of aryl methyl sites for hydroxylation is 4. The molecule has 0 atom stereocenters. The van der Waals surface area contributed by atoms with Gasteiger partial charge in [0.05, 0.1) is 23.1 Å². The number of rotatable bonds is 8. The van der Waals surface area contributed by atoms with Gasteiger partial charge in [-0.1, -0.05) is 158 Å². The van der Waals surface area contributed by atoms with Gasteiger partial charge in [-0.2, -0.15) is 0 Å². The molecule has 1 radical (unpaired) electrons. The molecule has 0 saturated carbocycles. The Morgan fingerprint density at radius 1 is 0.492 bits per heavy atom. The molecule has 0 amide bonds. The predicted octanol–water partition coefficient (Wildman–Crippen LogP) is 7.93. The summed E-state index contributed by atoms with van der Waals surface area (Å²) in [5, 5.41) is 33.4. The number of nitrogens with zero attached hydrogens (tertiary/aromatic N) is 8. The zero-order valence-electron chi connectivity index (χ0n) is 33.2. The number of carboxylic acids is 1. The summed E-state index contributed by atoms with van der Waals surface area (Å²) in [6.07, 6.45) is 0. The summed E-state index contributed by atoms with van der Waals surface area (Å²) in [7, 11) is -1.55. The van der Waals surface area contributed by atoms with Crippen molar-refractivity contribution < 1.29 is 27.0 Å². The molecule has 0 aliphatic rings. The molecule has 12 heteroatoms. The van der Waals surface area contributed by atoms with E-state index in [9.17, 15) is 9.90 Å². The summed E-state index contributed by atoms with van der Waals surface area (Å²) >= 11 is 0. The monoisotopic (exact) mass is 817 g/mol.